The van der Waals surface area contributed by atoms with Crippen molar-refractivity contribution in [1.82, 2.24) is 10.2 Å². The molecule has 1 amide bonds. The number of amides is 1. The van der Waals surface area contributed by atoms with E-state index in [-0.39, 0.29) is 24.1 Å². The molecule has 1 aromatic rings. The summed E-state index contributed by atoms with van der Waals surface area (Å²) in [6.07, 6.45) is 3.52. The zero-order valence-electron chi connectivity index (χ0n) is 14.6. The molecule has 0 bridgehead atoms. The van der Waals surface area contributed by atoms with Crippen LogP contribution in [0.1, 0.15) is 37.8 Å². The molecule has 0 saturated carbocycles. The summed E-state index contributed by atoms with van der Waals surface area (Å²) in [5, 5.41) is 2.92. The lowest BCUT2D eigenvalue weighted by Gasteiger charge is -2.37. The van der Waals surface area contributed by atoms with Gasteiger partial charge in [0, 0.05) is 19.2 Å². The van der Waals surface area contributed by atoms with E-state index in [4.69, 9.17) is 0 Å². The van der Waals surface area contributed by atoms with Crippen LogP contribution in [0.25, 0.3) is 0 Å². The highest BCUT2D eigenvalue weighted by molar-refractivity contribution is 7.90. The molecular weight excluding hydrogens is 324 g/mol. The maximum atomic E-state index is 12.0. The quantitative estimate of drug-likeness (QED) is 0.815. The second-order valence-electron chi connectivity index (χ2n) is 6.83. The summed E-state index contributed by atoms with van der Waals surface area (Å²) >= 11 is 0. The Morgan fingerprint density at radius 2 is 1.88 bits per heavy atom. The second kappa shape index (κ2) is 8.62. The lowest BCUT2D eigenvalue weighted by Crippen LogP contribution is -2.42. The van der Waals surface area contributed by atoms with Gasteiger partial charge in [0.2, 0.25) is 5.91 Å². The molecule has 5 nitrogen and oxygen atoms in total. The van der Waals surface area contributed by atoms with Crippen molar-refractivity contribution in [2.24, 2.45) is 5.92 Å². The molecule has 0 radical (unpaired) electrons. The Balaban J connectivity index is 1.97. The number of piperidine rings is 1. The van der Waals surface area contributed by atoms with E-state index in [0.29, 0.717) is 6.54 Å². The molecule has 0 aromatic heterocycles. The van der Waals surface area contributed by atoms with Gasteiger partial charge >= 0.3 is 0 Å². The molecule has 24 heavy (non-hydrogen) atoms. The van der Waals surface area contributed by atoms with Crippen molar-refractivity contribution < 1.29 is 13.2 Å². The molecule has 6 heteroatoms. The minimum atomic E-state index is -3.11. The summed E-state index contributed by atoms with van der Waals surface area (Å²) < 4.78 is 22.4. The van der Waals surface area contributed by atoms with Crippen LogP contribution in [0.15, 0.2) is 30.3 Å². The molecule has 2 rings (SSSR count). The van der Waals surface area contributed by atoms with E-state index in [1.165, 1.54) is 18.4 Å². The Morgan fingerprint density at radius 1 is 1.25 bits per heavy atom. The largest absolute Gasteiger partial charge is 0.354 e. The van der Waals surface area contributed by atoms with Gasteiger partial charge in [-0.1, -0.05) is 37.3 Å². The second-order valence-corrected chi connectivity index (χ2v) is 9.09. The van der Waals surface area contributed by atoms with Crippen LogP contribution in [0, 0.1) is 5.92 Å². The first-order chi connectivity index (χ1) is 11.3. The fourth-order valence-corrected chi connectivity index (χ4v) is 3.61. The maximum absolute atomic E-state index is 12.0. The van der Waals surface area contributed by atoms with Crippen LogP contribution in [-0.2, 0) is 14.6 Å². The molecule has 1 saturated heterocycles. The van der Waals surface area contributed by atoms with Crippen LogP contribution in [-0.4, -0.2) is 50.9 Å². The van der Waals surface area contributed by atoms with Crippen molar-refractivity contribution in [2.45, 2.75) is 32.2 Å². The average Bonchev–Trinajstić information content (AvgIpc) is 2.55. The number of nitrogens with one attached hydrogen (secondary N) is 1. The first-order valence-corrected chi connectivity index (χ1v) is 10.6. The molecule has 0 spiro atoms. The van der Waals surface area contributed by atoms with Crippen molar-refractivity contribution in [2.75, 3.05) is 31.6 Å². The van der Waals surface area contributed by atoms with Crippen LogP contribution in [0.2, 0.25) is 0 Å². The topological polar surface area (TPSA) is 66.5 Å². The summed E-state index contributed by atoms with van der Waals surface area (Å²) in [4.78, 5) is 14.4. The minimum absolute atomic E-state index is 0.0252. The monoisotopic (exact) mass is 352 g/mol. The highest BCUT2D eigenvalue weighted by Gasteiger charge is 2.25. The van der Waals surface area contributed by atoms with E-state index >= 15 is 0 Å². The molecule has 0 aliphatic carbocycles. The number of carbonyl (C=O) groups excluding carboxylic acids is 1. The summed E-state index contributed by atoms with van der Waals surface area (Å²) in [5.74, 6) is 0.449. The van der Waals surface area contributed by atoms with Gasteiger partial charge in [0.25, 0.3) is 0 Å². The third kappa shape index (κ3) is 6.24. The fraction of sp³-hybridized carbons (Fsp3) is 0.611. The molecule has 1 aliphatic heterocycles. The van der Waals surface area contributed by atoms with Gasteiger partial charge < -0.3 is 5.32 Å². The molecule has 1 unspecified atom stereocenters. The van der Waals surface area contributed by atoms with Crippen molar-refractivity contribution in [3.05, 3.63) is 35.9 Å². The summed E-state index contributed by atoms with van der Waals surface area (Å²) in [6.45, 7) is 4.85. The van der Waals surface area contributed by atoms with Gasteiger partial charge in [-0.05, 0) is 37.4 Å². The van der Waals surface area contributed by atoms with Gasteiger partial charge in [-0.15, -0.1) is 0 Å². The molecule has 1 aromatic carbocycles. The fourth-order valence-electron chi connectivity index (χ4n) is 3.05. The lowest BCUT2D eigenvalue weighted by molar-refractivity contribution is -0.121. The number of hydrogen-bond acceptors (Lipinski definition) is 4. The van der Waals surface area contributed by atoms with Gasteiger partial charge in [0.15, 0.2) is 0 Å². The van der Waals surface area contributed by atoms with Gasteiger partial charge in [-0.2, -0.15) is 0 Å². The van der Waals surface area contributed by atoms with Crippen molar-refractivity contribution in [3.63, 3.8) is 0 Å². The predicted molar refractivity (Wildman–Crippen MR) is 96.5 cm³/mol. The Morgan fingerprint density at radius 3 is 2.46 bits per heavy atom. The summed E-state index contributed by atoms with van der Waals surface area (Å²) in [7, 11) is -3.11. The normalized spacial score (nSPS) is 18.2. The third-order valence-electron chi connectivity index (χ3n) is 4.64. The Hall–Kier alpha value is -1.40. The van der Waals surface area contributed by atoms with Crippen LogP contribution in [0.4, 0.5) is 0 Å². The molecule has 1 heterocycles. The zero-order valence-corrected chi connectivity index (χ0v) is 15.4. The van der Waals surface area contributed by atoms with Gasteiger partial charge in [-0.3, -0.25) is 9.69 Å². The first kappa shape index (κ1) is 18.9. The van der Waals surface area contributed by atoms with E-state index in [1.54, 1.807) is 0 Å². The van der Waals surface area contributed by atoms with Crippen LogP contribution in [0.3, 0.4) is 0 Å². The highest BCUT2D eigenvalue weighted by Crippen LogP contribution is 2.26. The molecule has 1 fully saturated rings. The lowest BCUT2D eigenvalue weighted by atomic mass is 9.95. The Bertz CT molecular complexity index is 623. The van der Waals surface area contributed by atoms with Gasteiger partial charge in [-0.25, -0.2) is 8.42 Å². The van der Waals surface area contributed by atoms with Gasteiger partial charge in [0.05, 0.1) is 11.8 Å². The number of hydrogen-bond donors (Lipinski definition) is 1. The number of rotatable bonds is 7. The van der Waals surface area contributed by atoms with E-state index in [2.05, 4.69) is 29.3 Å². The van der Waals surface area contributed by atoms with Crippen molar-refractivity contribution in [1.29, 1.82) is 0 Å². The van der Waals surface area contributed by atoms with E-state index in [0.717, 1.165) is 25.3 Å². The molecule has 1 N–H and O–H groups in total. The first-order valence-electron chi connectivity index (χ1n) is 8.58. The van der Waals surface area contributed by atoms with Crippen LogP contribution in [0.5, 0.6) is 0 Å². The van der Waals surface area contributed by atoms with Gasteiger partial charge in [0.1, 0.15) is 9.84 Å². The van der Waals surface area contributed by atoms with E-state index in [9.17, 15) is 13.2 Å². The standard InChI is InChI=1S/C18H28N2O3S/c1-15-8-11-20(12-9-15)17(16-6-4-3-5-7-16)14-19-18(21)10-13-24(2,22)23/h3-7,15,17H,8-14H2,1-2H3,(H,19,21). The predicted octanol–water partition coefficient (Wildman–Crippen LogP) is 2.01. The molecule has 134 valence electrons. The van der Waals surface area contributed by atoms with E-state index in [1.807, 2.05) is 18.2 Å². The SMILES string of the molecule is CC1CCN(C(CNC(=O)CCS(C)(=O)=O)c2ccccc2)CC1. The third-order valence-corrected chi connectivity index (χ3v) is 5.58. The Kier molecular flexibility index (Phi) is 6.80. The number of benzene rings is 1. The number of nitrogens with zero attached hydrogens (tertiary/aromatic N) is 1. The van der Waals surface area contributed by atoms with E-state index < -0.39 is 9.84 Å². The zero-order chi connectivity index (χ0) is 17.6. The minimum Gasteiger partial charge on any atom is -0.354 e. The molecule has 1 atom stereocenters. The number of carbonyl (C=O) groups is 1. The summed E-state index contributed by atoms with van der Waals surface area (Å²) in [6, 6.07) is 10.3. The van der Waals surface area contributed by atoms with Crippen molar-refractivity contribution >= 4 is 15.7 Å². The van der Waals surface area contributed by atoms with Crippen LogP contribution >= 0.6 is 0 Å². The highest BCUT2D eigenvalue weighted by atomic mass is 32.2. The maximum Gasteiger partial charge on any atom is 0.221 e. The summed E-state index contributed by atoms with van der Waals surface area (Å²) in [5.41, 5.74) is 1.19. The molecule has 1 aliphatic rings. The molecular formula is C18H28N2O3S. The average molecular weight is 353 g/mol. The smallest absolute Gasteiger partial charge is 0.221 e. The van der Waals surface area contributed by atoms with Crippen LogP contribution < -0.4 is 5.32 Å². The number of likely N-dealkylation sites (tertiary alicyclic amines) is 1. The van der Waals surface area contributed by atoms with Crippen molar-refractivity contribution in [3.8, 4) is 0 Å². The Labute approximate surface area is 145 Å². The number of sulfone groups is 1.